The van der Waals surface area contributed by atoms with Crippen molar-refractivity contribution in [3.63, 3.8) is 0 Å². The van der Waals surface area contributed by atoms with Crippen molar-refractivity contribution >= 4 is 34.5 Å². The highest BCUT2D eigenvalue weighted by atomic mass is 35.5. The van der Waals surface area contributed by atoms with Crippen LogP contribution in [0.25, 0.3) is 0 Å². The second-order valence-corrected chi connectivity index (χ2v) is 5.77. The van der Waals surface area contributed by atoms with Crippen LogP contribution in [-0.2, 0) is 16.1 Å². The van der Waals surface area contributed by atoms with E-state index in [0.717, 1.165) is 4.31 Å². The van der Waals surface area contributed by atoms with Crippen molar-refractivity contribution < 1.29 is 18.7 Å². The lowest BCUT2D eigenvalue weighted by Crippen LogP contribution is -2.43. The lowest BCUT2D eigenvalue weighted by Gasteiger charge is -2.32. The van der Waals surface area contributed by atoms with E-state index in [0.29, 0.717) is 5.02 Å². The van der Waals surface area contributed by atoms with Crippen LogP contribution in [0.1, 0.15) is 20.3 Å². The first-order chi connectivity index (χ1) is 8.82. The normalized spacial score (nSPS) is 14.2. The first-order valence-corrected chi connectivity index (χ1v) is 7.11. The third kappa shape index (κ3) is 4.49. The second-order valence-electron chi connectivity index (χ2n) is 4.50. The van der Waals surface area contributed by atoms with Crippen LogP contribution in [0.4, 0.5) is 5.69 Å². The van der Waals surface area contributed by atoms with Gasteiger partial charge in [-0.1, -0.05) is 25.4 Å². The Labute approximate surface area is 119 Å². The molecule has 106 valence electrons. The molecule has 2 atom stereocenters. The zero-order valence-electron chi connectivity index (χ0n) is 10.6. The predicted molar refractivity (Wildman–Crippen MR) is 73.7 cm³/mol. The van der Waals surface area contributed by atoms with Crippen LogP contribution >= 0.6 is 11.6 Å². The SMILES string of the molecule is CC(C)CC(C(=O)O)N(c1ccc(Cl)cc1)S(=O)[O-]. The molecule has 1 rings (SSSR count). The first-order valence-electron chi connectivity index (χ1n) is 5.70. The molecule has 0 aliphatic carbocycles. The van der Waals surface area contributed by atoms with Gasteiger partial charge in [0.15, 0.2) is 0 Å². The summed E-state index contributed by atoms with van der Waals surface area (Å²) in [5.74, 6) is -1.12. The summed E-state index contributed by atoms with van der Waals surface area (Å²) in [7, 11) is 0. The number of hydrogen-bond acceptors (Lipinski definition) is 3. The van der Waals surface area contributed by atoms with Gasteiger partial charge in [-0.25, -0.2) is 4.79 Å². The maximum Gasteiger partial charge on any atom is 0.327 e. The molecule has 0 aliphatic rings. The highest BCUT2D eigenvalue weighted by molar-refractivity contribution is 7.80. The van der Waals surface area contributed by atoms with Gasteiger partial charge in [0.2, 0.25) is 0 Å². The summed E-state index contributed by atoms with van der Waals surface area (Å²) in [6, 6.07) is 4.87. The Balaban J connectivity index is 3.13. The van der Waals surface area contributed by atoms with Crippen LogP contribution in [-0.4, -0.2) is 25.9 Å². The van der Waals surface area contributed by atoms with Crippen molar-refractivity contribution in [1.82, 2.24) is 0 Å². The molecule has 1 aromatic rings. The molecule has 1 aromatic carbocycles. The average molecular weight is 305 g/mol. The number of aliphatic carboxylic acids is 1. The van der Waals surface area contributed by atoms with Gasteiger partial charge in [0, 0.05) is 22.0 Å². The zero-order valence-corrected chi connectivity index (χ0v) is 12.1. The van der Waals surface area contributed by atoms with Gasteiger partial charge in [-0.05, 0) is 36.6 Å². The van der Waals surface area contributed by atoms with Crippen molar-refractivity contribution in [3.8, 4) is 0 Å². The Morgan fingerprint density at radius 3 is 2.32 bits per heavy atom. The summed E-state index contributed by atoms with van der Waals surface area (Å²) in [5, 5.41) is 9.67. The Morgan fingerprint density at radius 1 is 1.42 bits per heavy atom. The van der Waals surface area contributed by atoms with E-state index in [9.17, 15) is 18.7 Å². The Morgan fingerprint density at radius 2 is 1.95 bits per heavy atom. The largest absolute Gasteiger partial charge is 0.755 e. The summed E-state index contributed by atoms with van der Waals surface area (Å²) in [6.45, 7) is 3.67. The van der Waals surface area contributed by atoms with Gasteiger partial charge >= 0.3 is 5.97 Å². The van der Waals surface area contributed by atoms with Gasteiger partial charge in [-0.3, -0.25) is 8.51 Å². The van der Waals surface area contributed by atoms with Crippen molar-refractivity contribution in [1.29, 1.82) is 0 Å². The van der Waals surface area contributed by atoms with Crippen molar-refractivity contribution in [2.75, 3.05) is 4.31 Å². The fraction of sp³-hybridized carbons (Fsp3) is 0.417. The summed E-state index contributed by atoms with van der Waals surface area (Å²) in [6.07, 6.45) is 0.228. The van der Waals surface area contributed by atoms with Crippen LogP contribution in [0.15, 0.2) is 24.3 Å². The fourth-order valence-corrected chi connectivity index (χ4v) is 2.51. The van der Waals surface area contributed by atoms with E-state index in [1.54, 1.807) is 0 Å². The van der Waals surface area contributed by atoms with E-state index < -0.39 is 23.3 Å². The van der Waals surface area contributed by atoms with E-state index in [-0.39, 0.29) is 18.0 Å². The summed E-state index contributed by atoms with van der Waals surface area (Å²) >= 11 is 3.06. The molecule has 5 nitrogen and oxygen atoms in total. The lowest BCUT2D eigenvalue weighted by molar-refractivity contribution is -0.138. The van der Waals surface area contributed by atoms with E-state index in [4.69, 9.17) is 11.6 Å². The lowest BCUT2D eigenvalue weighted by atomic mass is 10.0. The molecular formula is C12H15ClNO4S-. The number of carboxylic acids is 1. The van der Waals surface area contributed by atoms with Crippen LogP contribution in [0.5, 0.6) is 0 Å². The first kappa shape index (κ1) is 15.9. The standard InChI is InChI=1S/C12H16ClNO4S/c1-8(2)7-11(12(15)16)14(19(17)18)10-5-3-9(13)4-6-10/h3-6,8,11H,7H2,1-2H3,(H,15,16)(H,17,18)/p-1. The molecule has 0 saturated carbocycles. The molecule has 0 aliphatic heterocycles. The maximum atomic E-state index is 11.3. The molecular weight excluding hydrogens is 290 g/mol. The highest BCUT2D eigenvalue weighted by Crippen LogP contribution is 2.24. The molecule has 2 unspecified atom stereocenters. The summed E-state index contributed by atoms with van der Waals surface area (Å²) in [5.41, 5.74) is 0.283. The second kappa shape index (κ2) is 6.88. The van der Waals surface area contributed by atoms with Crippen molar-refractivity contribution in [2.24, 2.45) is 5.92 Å². The van der Waals surface area contributed by atoms with E-state index in [2.05, 4.69) is 0 Å². The molecule has 0 spiro atoms. The third-order valence-corrected chi connectivity index (χ3v) is 3.54. The average Bonchev–Trinajstić information content (AvgIpc) is 2.29. The summed E-state index contributed by atoms with van der Waals surface area (Å²) in [4.78, 5) is 11.3. The number of carboxylic acid groups (broad SMARTS) is 1. The molecule has 0 amide bonds. The molecule has 0 saturated heterocycles. The van der Waals surface area contributed by atoms with Gasteiger partial charge in [0.05, 0.1) is 0 Å². The number of nitrogens with zero attached hydrogens (tertiary/aromatic N) is 1. The Kier molecular flexibility index (Phi) is 5.78. The van der Waals surface area contributed by atoms with Crippen LogP contribution in [0.3, 0.4) is 0 Å². The van der Waals surface area contributed by atoms with Gasteiger partial charge in [-0.15, -0.1) is 0 Å². The highest BCUT2D eigenvalue weighted by Gasteiger charge is 2.27. The topological polar surface area (TPSA) is 80.7 Å². The van der Waals surface area contributed by atoms with Crippen molar-refractivity contribution in [2.45, 2.75) is 26.3 Å². The van der Waals surface area contributed by atoms with Crippen LogP contribution < -0.4 is 4.31 Å². The predicted octanol–water partition coefficient (Wildman–Crippen LogP) is 2.44. The van der Waals surface area contributed by atoms with E-state index >= 15 is 0 Å². The Bertz CT molecular complexity index is 463. The maximum absolute atomic E-state index is 11.3. The fourth-order valence-electron chi connectivity index (χ4n) is 1.70. The number of halogens is 1. The van der Waals surface area contributed by atoms with Crippen LogP contribution in [0.2, 0.25) is 5.02 Å². The minimum atomic E-state index is -2.67. The molecule has 0 aromatic heterocycles. The molecule has 0 bridgehead atoms. The monoisotopic (exact) mass is 304 g/mol. The number of rotatable bonds is 6. The zero-order chi connectivity index (χ0) is 14.6. The number of carbonyl (C=O) groups is 1. The van der Waals surface area contributed by atoms with Gasteiger partial charge < -0.3 is 9.66 Å². The summed E-state index contributed by atoms with van der Waals surface area (Å²) < 4.78 is 23.5. The quantitative estimate of drug-likeness (QED) is 0.818. The number of benzene rings is 1. The minimum Gasteiger partial charge on any atom is -0.755 e. The van der Waals surface area contributed by atoms with Crippen molar-refractivity contribution in [3.05, 3.63) is 29.3 Å². The van der Waals surface area contributed by atoms with E-state index in [1.165, 1.54) is 24.3 Å². The third-order valence-electron chi connectivity index (χ3n) is 2.50. The molecule has 1 N–H and O–H groups in total. The molecule has 0 radical (unpaired) electrons. The van der Waals surface area contributed by atoms with Gasteiger partial charge in [0.25, 0.3) is 0 Å². The smallest absolute Gasteiger partial charge is 0.327 e. The van der Waals surface area contributed by atoms with Gasteiger partial charge in [0.1, 0.15) is 6.04 Å². The van der Waals surface area contributed by atoms with Crippen LogP contribution in [0, 0.1) is 5.92 Å². The van der Waals surface area contributed by atoms with Gasteiger partial charge in [-0.2, -0.15) is 0 Å². The number of anilines is 1. The molecule has 7 heteroatoms. The van der Waals surface area contributed by atoms with E-state index in [1.807, 2.05) is 13.8 Å². The molecule has 0 fully saturated rings. The Hall–Kier alpha value is -1.11. The molecule has 0 heterocycles. The molecule has 19 heavy (non-hydrogen) atoms. The minimum absolute atomic E-state index is 0.0550. The number of hydrogen-bond donors (Lipinski definition) is 1.